The summed E-state index contributed by atoms with van der Waals surface area (Å²) in [5.41, 5.74) is 4.65. The van der Waals surface area contributed by atoms with Crippen molar-refractivity contribution in [3.05, 3.63) is 65.2 Å². The number of hydrogen-bond acceptors (Lipinski definition) is 2. The molecule has 20 heavy (non-hydrogen) atoms. The highest BCUT2D eigenvalue weighted by atomic mass is 35.5. The van der Waals surface area contributed by atoms with Crippen LogP contribution in [0.1, 0.15) is 11.7 Å². The van der Waals surface area contributed by atoms with Gasteiger partial charge in [-0.3, -0.25) is 5.01 Å². The monoisotopic (exact) mass is 287 g/mol. The molecular weight excluding hydrogens is 274 g/mol. The zero-order valence-corrected chi connectivity index (χ0v) is 11.7. The maximum absolute atomic E-state index is 12.0. The van der Waals surface area contributed by atoms with E-state index in [-0.39, 0.29) is 12.2 Å². The number of anilines is 1. The van der Waals surface area contributed by atoms with Gasteiger partial charge >= 0.3 is 6.03 Å². The lowest BCUT2D eigenvalue weighted by molar-refractivity contribution is 0.216. The smallest absolute Gasteiger partial charge is 0.300 e. The molecule has 0 aliphatic carbocycles. The molecule has 5 heteroatoms. The normalized spacial score (nSPS) is 18.3. The predicted molar refractivity (Wildman–Crippen MR) is 79.4 cm³/mol. The van der Waals surface area contributed by atoms with E-state index in [1.165, 1.54) is 0 Å². The van der Waals surface area contributed by atoms with Gasteiger partial charge in [0.1, 0.15) is 0 Å². The summed E-state index contributed by atoms with van der Waals surface area (Å²) in [5.74, 6) is 0. The van der Waals surface area contributed by atoms with Gasteiger partial charge in [-0.15, -0.1) is 0 Å². The molecule has 1 aliphatic heterocycles. The number of carbonyl (C=O) groups is 1. The Morgan fingerprint density at radius 3 is 2.40 bits per heavy atom. The first-order valence-corrected chi connectivity index (χ1v) is 6.68. The van der Waals surface area contributed by atoms with Gasteiger partial charge in [0.05, 0.1) is 10.7 Å². The van der Waals surface area contributed by atoms with Crippen molar-refractivity contribution in [3.8, 4) is 0 Å². The fraction of sp³-hybridized carbons (Fsp3) is 0.133. The quantitative estimate of drug-likeness (QED) is 0.919. The molecule has 1 aliphatic rings. The summed E-state index contributed by atoms with van der Waals surface area (Å²) in [5, 5.41) is 2.39. The van der Waals surface area contributed by atoms with Crippen LogP contribution in [0.2, 0.25) is 5.02 Å². The Balaban J connectivity index is 2.05. The van der Waals surface area contributed by atoms with E-state index in [1.54, 1.807) is 17.0 Å². The second-order valence-corrected chi connectivity index (χ2v) is 5.04. The molecule has 0 saturated carbocycles. The first-order valence-electron chi connectivity index (χ1n) is 6.30. The third-order valence-electron chi connectivity index (χ3n) is 3.36. The van der Waals surface area contributed by atoms with Crippen molar-refractivity contribution in [1.82, 2.24) is 10.3 Å². The van der Waals surface area contributed by atoms with Crippen LogP contribution in [0.15, 0.2) is 54.6 Å². The number of amides is 2. The first-order chi connectivity index (χ1) is 9.68. The summed E-state index contributed by atoms with van der Waals surface area (Å²) in [4.78, 5) is 13.6. The highest BCUT2D eigenvalue weighted by molar-refractivity contribution is 6.33. The minimum absolute atomic E-state index is 0.154. The molecule has 1 atom stereocenters. The Morgan fingerprint density at radius 2 is 1.70 bits per heavy atom. The van der Waals surface area contributed by atoms with Gasteiger partial charge in [-0.2, -0.15) is 0 Å². The third-order valence-corrected chi connectivity index (χ3v) is 3.68. The first kappa shape index (κ1) is 12.8. The van der Waals surface area contributed by atoms with Crippen LogP contribution in [-0.4, -0.2) is 18.0 Å². The second kappa shape index (κ2) is 5.06. The van der Waals surface area contributed by atoms with Crippen LogP contribution in [-0.2, 0) is 0 Å². The number of carbonyl (C=O) groups excluding carboxylic acids is 1. The van der Waals surface area contributed by atoms with Crippen LogP contribution < -0.4 is 10.4 Å². The Morgan fingerprint density at radius 1 is 1.05 bits per heavy atom. The van der Waals surface area contributed by atoms with E-state index < -0.39 is 0 Å². The molecule has 0 aromatic heterocycles. The van der Waals surface area contributed by atoms with Crippen LogP contribution >= 0.6 is 11.6 Å². The van der Waals surface area contributed by atoms with Crippen molar-refractivity contribution in [2.24, 2.45) is 0 Å². The minimum Gasteiger partial charge on any atom is -0.300 e. The topological polar surface area (TPSA) is 35.6 Å². The number of nitrogens with zero attached hydrogens (tertiary/aromatic N) is 2. The van der Waals surface area contributed by atoms with E-state index in [0.29, 0.717) is 5.02 Å². The van der Waals surface area contributed by atoms with Crippen LogP contribution in [0.3, 0.4) is 0 Å². The fourth-order valence-corrected chi connectivity index (χ4v) is 2.59. The molecule has 0 radical (unpaired) electrons. The molecule has 3 rings (SSSR count). The Hall–Kier alpha value is -2.20. The van der Waals surface area contributed by atoms with E-state index in [9.17, 15) is 4.79 Å². The van der Waals surface area contributed by atoms with Crippen LogP contribution in [0.25, 0.3) is 0 Å². The fourth-order valence-electron chi connectivity index (χ4n) is 2.36. The number of para-hydroxylation sites is 1. The lowest BCUT2D eigenvalue weighted by atomic mass is 10.1. The predicted octanol–water partition coefficient (Wildman–Crippen LogP) is 3.42. The van der Waals surface area contributed by atoms with Crippen molar-refractivity contribution in [1.29, 1.82) is 0 Å². The summed E-state index contributed by atoms with van der Waals surface area (Å²) >= 11 is 6.24. The lowest BCUT2D eigenvalue weighted by Crippen LogP contribution is -2.34. The molecule has 1 saturated heterocycles. The number of rotatable bonds is 2. The second-order valence-electron chi connectivity index (χ2n) is 4.63. The summed E-state index contributed by atoms with van der Waals surface area (Å²) in [6.07, 6.45) is -0.219. The molecule has 1 N–H and O–H groups in total. The molecule has 1 fully saturated rings. The Kier molecular flexibility index (Phi) is 3.24. The highest BCUT2D eigenvalue weighted by Crippen LogP contribution is 2.35. The van der Waals surface area contributed by atoms with Crippen molar-refractivity contribution in [2.45, 2.75) is 6.17 Å². The van der Waals surface area contributed by atoms with E-state index in [1.807, 2.05) is 54.6 Å². The van der Waals surface area contributed by atoms with Crippen molar-refractivity contribution < 1.29 is 4.79 Å². The number of hydrazine groups is 1. The van der Waals surface area contributed by atoms with Crippen molar-refractivity contribution in [2.75, 3.05) is 12.1 Å². The molecule has 1 heterocycles. The Labute approximate surface area is 122 Å². The maximum Gasteiger partial charge on any atom is 0.337 e. The number of urea groups is 1. The molecule has 1 unspecified atom stereocenters. The van der Waals surface area contributed by atoms with Gasteiger partial charge in [0, 0.05) is 7.05 Å². The van der Waals surface area contributed by atoms with E-state index >= 15 is 0 Å². The lowest BCUT2D eigenvalue weighted by Gasteiger charge is -2.28. The zero-order chi connectivity index (χ0) is 14.1. The van der Waals surface area contributed by atoms with Crippen LogP contribution in [0.5, 0.6) is 0 Å². The van der Waals surface area contributed by atoms with Crippen LogP contribution in [0.4, 0.5) is 10.5 Å². The van der Waals surface area contributed by atoms with Gasteiger partial charge in [-0.1, -0.05) is 54.1 Å². The van der Waals surface area contributed by atoms with E-state index in [4.69, 9.17) is 11.6 Å². The van der Waals surface area contributed by atoms with Crippen LogP contribution in [0, 0.1) is 0 Å². The molecule has 0 spiro atoms. The molecule has 0 bridgehead atoms. The van der Waals surface area contributed by atoms with Gasteiger partial charge in [-0.25, -0.2) is 10.2 Å². The summed E-state index contributed by atoms with van der Waals surface area (Å²) in [6, 6.07) is 17.1. The standard InChI is InChI=1S/C15H14ClN3O/c1-18-14(11-7-3-2-4-8-11)19(17-15(18)20)13-10-6-5-9-12(13)16/h2-10,14H,1H3,(H,17,20). The Bertz CT molecular complexity index is 632. The SMILES string of the molecule is CN1C(=O)NN(c2ccccc2Cl)C1c1ccccc1. The average molecular weight is 288 g/mol. The van der Waals surface area contributed by atoms with Gasteiger partial charge in [0.15, 0.2) is 6.17 Å². The summed E-state index contributed by atoms with van der Waals surface area (Å²) in [6.45, 7) is 0. The number of nitrogens with one attached hydrogen (secondary N) is 1. The molecule has 2 amide bonds. The highest BCUT2D eigenvalue weighted by Gasteiger charge is 2.37. The van der Waals surface area contributed by atoms with Gasteiger partial charge in [-0.05, 0) is 17.7 Å². The molecule has 4 nitrogen and oxygen atoms in total. The van der Waals surface area contributed by atoms with Gasteiger partial charge in [0.25, 0.3) is 0 Å². The average Bonchev–Trinajstić information content (AvgIpc) is 2.76. The van der Waals surface area contributed by atoms with Gasteiger partial charge < -0.3 is 4.90 Å². The van der Waals surface area contributed by atoms with Crippen molar-refractivity contribution in [3.63, 3.8) is 0 Å². The van der Waals surface area contributed by atoms with Crippen molar-refractivity contribution >= 4 is 23.3 Å². The van der Waals surface area contributed by atoms with E-state index in [0.717, 1.165) is 11.3 Å². The molecular formula is C15H14ClN3O. The molecule has 102 valence electrons. The summed E-state index contributed by atoms with van der Waals surface area (Å²) in [7, 11) is 1.77. The van der Waals surface area contributed by atoms with Gasteiger partial charge in [0.2, 0.25) is 0 Å². The number of hydrogen-bond donors (Lipinski definition) is 1. The largest absolute Gasteiger partial charge is 0.337 e. The minimum atomic E-state index is -0.219. The number of benzene rings is 2. The maximum atomic E-state index is 12.0. The summed E-state index contributed by atoms with van der Waals surface area (Å²) < 4.78 is 0. The molecule has 2 aromatic carbocycles. The molecule has 2 aromatic rings. The van der Waals surface area contributed by atoms with E-state index in [2.05, 4.69) is 5.43 Å². The number of halogens is 1. The zero-order valence-electron chi connectivity index (χ0n) is 11.0. The third kappa shape index (κ3) is 2.08.